The lowest BCUT2D eigenvalue weighted by Gasteiger charge is -2.20. The number of hydrogen-bond donors (Lipinski definition) is 1. The minimum Gasteiger partial charge on any atom is -0.480 e. The van der Waals surface area contributed by atoms with E-state index in [0.717, 1.165) is 25.7 Å². The van der Waals surface area contributed by atoms with Crippen LogP contribution in [0.4, 0.5) is 0 Å². The fraction of sp³-hybridized carbons (Fsp3) is 0.556. The Bertz CT molecular complexity index is 586. The van der Waals surface area contributed by atoms with Crippen LogP contribution >= 0.6 is 23.2 Å². The molecule has 0 radical (unpaired) electrons. The van der Waals surface area contributed by atoms with Gasteiger partial charge in [0.2, 0.25) is 0 Å². The number of ether oxygens (including phenoxy) is 2. The van der Waals surface area contributed by atoms with Gasteiger partial charge in [-0.25, -0.2) is 4.79 Å². The third-order valence-electron chi connectivity index (χ3n) is 4.07. The smallest absolute Gasteiger partial charge is 0.344 e. The van der Waals surface area contributed by atoms with Gasteiger partial charge in [-0.15, -0.1) is 0 Å². The van der Waals surface area contributed by atoms with Crippen LogP contribution in [-0.4, -0.2) is 31.1 Å². The molecule has 138 valence electrons. The highest BCUT2D eigenvalue weighted by Gasteiger charge is 2.15. The fourth-order valence-electron chi connectivity index (χ4n) is 2.79. The molecule has 1 aliphatic carbocycles. The molecule has 1 saturated carbocycles. The largest absolute Gasteiger partial charge is 0.480 e. The number of benzene rings is 1. The number of hydrogen-bond acceptors (Lipinski definition) is 4. The third kappa shape index (κ3) is 7.53. The van der Waals surface area contributed by atoms with Crippen LogP contribution in [0.3, 0.4) is 0 Å². The van der Waals surface area contributed by atoms with Crippen molar-refractivity contribution in [2.24, 2.45) is 0 Å². The minimum absolute atomic E-state index is 0.177. The van der Waals surface area contributed by atoms with Crippen LogP contribution in [0.25, 0.3) is 0 Å². The molecule has 1 N–H and O–H groups in total. The topological polar surface area (TPSA) is 64.6 Å². The Kier molecular flexibility index (Phi) is 8.35. The molecule has 1 aromatic rings. The third-order valence-corrected chi connectivity index (χ3v) is 4.60. The van der Waals surface area contributed by atoms with Gasteiger partial charge in [0.15, 0.2) is 13.2 Å². The fourth-order valence-corrected chi connectivity index (χ4v) is 3.25. The van der Waals surface area contributed by atoms with Crippen molar-refractivity contribution in [1.29, 1.82) is 0 Å². The van der Waals surface area contributed by atoms with Crippen LogP contribution in [0.2, 0.25) is 10.0 Å². The van der Waals surface area contributed by atoms with Gasteiger partial charge in [-0.3, -0.25) is 4.79 Å². The molecule has 0 aliphatic heterocycles. The van der Waals surface area contributed by atoms with Gasteiger partial charge in [0.25, 0.3) is 5.91 Å². The van der Waals surface area contributed by atoms with E-state index in [4.69, 9.17) is 32.7 Å². The molecule has 1 aromatic carbocycles. The van der Waals surface area contributed by atoms with E-state index in [2.05, 4.69) is 5.32 Å². The van der Waals surface area contributed by atoms with Crippen LogP contribution in [-0.2, 0) is 14.3 Å². The Hall–Kier alpha value is -1.46. The predicted octanol–water partition coefficient (Wildman–Crippen LogP) is 4.14. The molecule has 0 spiro atoms. The molecule has 1 aliphatic rings. The van der Waals surface area contributed by atoms with Gasteiger partial charge in [-0.1, -0.05) is 55.3 Å². The highest BCUT2D eigenvalue weighted by atomic mass is 35.5. The summed E-state index contributed by atoms with van der Waals surface area (Å²) in [6.07, 6.45) is 7.92. The molecule has 25 heavy (non-hydrogen) atoms. The van der Waals surface area contributed by atoms with Crippen molar-refractivity contribution in [2.75, 3.05) is 13.2 Å². The molecule has 7 heteroatoms. The first kappa shape index (κ1) is 19.9. The molecule has 5 nitrogen and oxygen atoms in total. The van der Waals surface area contributed by atoms with Crippen molar-refractivity contribution < 1.29 is 19.1 Å². The average Bonchev–Trinajstić information content (AvgIpc) is 2.54. The van der Waals surface area contributed by atoms with Gasteiger partial charge < -0.3 is 14.8 Å². The second-order valence-electron chi connectivity index (χ2n) is 6.13. The van der Waals surface area contributed by atoms with E-state index in [0.29, 0.717) is 15.8 Å². The van der Waals surface area contributed by atoms with Crippen molar-refractivity contribution in [2.45, 2.75) is 51.0 Å². The average molecular weight is 388 g/mol. The SMILES string of the molecule is O=C(COC(=O)COc1ccc(Cl)cc1Cl)NC1CCCCCCC1. The summed E-state index contributed by atoms with van der Waals surface area (Å²) in [6.45, 7) is -0.620. The highest BCUT2D eigenvalue weighted by molar-refractivity contribution is 6.35. The van der Waals surface area contributed by atoms with E-state index in [9.17, 15) is 9.59 Å². The first-order valence-corrected chi connectivity index (χ1v) is 9.33. The van der Waals surface area contributed by atoms with Gasteiger partial charge in [0.1, 0.15) is 5.75 Å². The quantitative estimate of drug-likeness (QED) is 0.744. The first-order chi connectivity index (χ1) is 12.0. The Balaban J connectivity index is 1.67. The van der Waals surface area contributed by atoms with Crippen LogP contribution < -0.4 is 10.1 Å². The molecule has 0 saturated heterocycles. The molecular formula is C18H23Cl2NO4. The maximum atomic E-state index is 11.9. The number of carbonyl (C=O) groups is 2. The number of esters is 1. The molecule has 0 unspecified atom stereocenters. The van der Waals surface area contributed by atoms with E-state index < -0.39 is 5.97 Å². The summed E-state index contributed by atoms with van der Waals surface area (Å²) >= 11 is 11.7. The standard InChI is InChI=1S/C18H23Cl2NO4/c19-13-8-9-16(15(20)10-13)24-12-18(23)25-11-17(22)21-14-6-4-2-1-3-5-7-14/h8-10,14H,1-7,11-12H2,(H,21,22). The van der Waals surface area contributed by atoms with Crippen molar-refractivity contribution in [3.8, 4) is 5.75 Å². The van der Waals surface area contributed by atoms with Crippen molar-refractivity contribution >= 4 is 35.1 Å². The summed E-state index contributed by atoms with van der Waals surface area (Å²) in [5.41, 5.74) is 0. The molecule has 0 atom stereocenters. The molecule has 0 bridgehead atoms. The van der Waals surface area contributed by atoms with Crippen molar-refractivity contribution in [1.82, 2.24) is 5.32 Å². The van der Waals surface area contributed by atoms with E-state index in [1.54, 1.807) is 12.1 Å². The molecule has 2 rings (SSSR count). The normalized spacial score (nSPS) is 15.8. The summed E-state index contributed by atoms with van der Waals surface area (Å²) in [5, 5.41) is 3.72. The highest BCUT2D eigenvalue weighted by Crippen LogP contribution is 2.27. The Morgan fingerprint density at radius 2 is 1.72 bits per heavy atom. The first-order valence-electron chi connectivity index (χ1n) is 8.57. The van der Waals surface area contributed by atoms with Gasteiger partial charge in [0.05, 0.1) is 5.02 Å². The second kappa shape index (κ2) is 10.5. The Morgan fingerprint density at radius 1 is 1.04 bits per heavy atom. The number of amides is 1. The number of nitrogens with one attached hydrogen (secondary N) is 1. The molecule has 1 amide bonds. The predicted molar refractivity (Wildman–Crippen MR) is 97.2 cm³/mol. The zero-order valence-corrected chi connectivity index (χ0v) is 15.6. The van der Waals surface area contributed by atoms with Crippen LogP contribution in [0, 0.1) is 0 Å². The summed E-state index contributed by atoms with van der Waals surface area (Å²) in [6, 6.07) is 4.87. The van der Waals surface area contributed by atoms with Gasteiger partial charge in [0, 0.05) is 11.1 Å². The molecular weight excluding hydrogens is 365 g/mol. The zero-order chi connectivity index (χ0) is 18.1. The van der Waals surface area contributed by atoms with Gasteiger partial charge >= 0.3 is 5.97 Å². The molecule has 1 fully saturated rings. The summed E-state index contributed by atoms with van der Waals surface area (Å²) < 4.78 is 10.2. The maximum absolute atomic E-state index is 11.9. The lowest BCUT2D eigenvalue weighted by atomic mass is 9.97. The summed E-state index contributed by atoms with van der Waals surface area (Å²) in [7, 11) is 0. The number of rotatable bonds is 6. The van der Waals surface area contributed by atoms with E-state index in [1.165, 1.54) is 25.3 Å². The zero-order valence-electron chi connectivity index (χ0n) is 14.1. The second-order valence-corrected chi connectivity index (χ2v) is 6.98. The monoisotopic (exact) mass is 387 g/mol. The lowest BCUT2D eigenvalue weighted by Crippen LogP contribution is -2.38. The Morgan fingerprint density at radius 3 is 2.40 bits per heavy atom. The minimum atomic E-state index is -0.626. The number of halogens is 2. The molecule has 0 heterocycles. The van der Waals surface area contributed by atoms with Gasteiger partial charge in [-0.05, 0) is 31.0 Å². The van der Waals surface area contributed by atoms with Crippen LogP contribution in [0.1, 0.15) is 44.9 Å². The van der Waals surface area contributed by atoms with E-state index in [1.807, 2.05) is 0 Å². The Labute approximate surface area is 158 Å². The lowest BCUT2D eigenvalue weighted by molar-refractivity contribution is -0.150. The molecule has 0 aromatic heterocycles. The van der Waals surface area contributed by atoms with Crippen LogP contribution in [0.5, 0.6) is 5.75 Å². The summed E-state index contributed by atoms with van der Waals surface area (Å²) in [5.74, 6) is -0.565. The van der Waals surface area contributed by atoms with Gasteiger partial charge in [-0.2, -0.15) is 0 Å². The van der Waals surface area contributed by atoms with E-state index >= 15 is 0 Å². The maximum Gasteiger partial charge on any atom is 0.344 e. The van der Waals surface area contributed by atoms with Crippen LogP contribution in [0.15, 0.2) is 18.2 Å². The van der Waals surface area contributed by atoms with Crippen molar-refractivity contribution in [3.63, 3.8) is 0 Å². The number of carbonyl (C=O) groups excluding carboxylic acids is 2. The summed E-state index contributed by atoms with van der Waals surface area (Å²) in [4.78, 5) is 23.6. The van der Waals surface area contributed by atoms with E-state index in [-0.39, 0.29) is 25.2 Å². The van der Waals surface area contributed by atoms with Crippen molar-refractivity contribution in [3.05, 3.63) is 28.2 Å².